The van der Waals surface area contributed by atoms with Crippen LogP contribution in [0.4, 0.5) is 0 Å². The fourth-order valence-corrected chi connectivity index (χ4v) is 1.51. The van der Waals surface area contributed by atoms with Gasteiger partial charge in [0.1, 0.15) is 0 Å². The zero-order valence-electron chi connectivity index (χ0n) is 8.38. The molecule has 1 heteroatoms. The summed E-state index contributed by atoms with van der Waals surface area (Å²) in [5.41, 5.74) is 1.34. The van der Waals surface area contributed by atoms with Crippen molar-refractivity contribution in [3.8, 4) is 0 Å². The van der Waals surface area contributed by atoms with Gasteiger partial charge in [-0.3, -0.25) is 4.79 Å². The van der Waals surface area contributed by atoms with Crippen LogP contribution in [0, 0.1) is 0 Å². The topological polar surface area (TPSA) is 17.1 Å². The molecule has 0 amide bonds. The third-order valence-electron chi connectivity index (χ3n) is 2.37. The van der Waals surface area contributed by atoms with Crippen LogP contribution in [-0.2, 0) is 4.79 Å². The molecule has 0 bridgehead atoms. The van der Waals surface area contributed by atoms with Gasteiger partial charge in [0.2, 0.25) is 0 Å². The molecule has 0 saturated carbocycles. The summed E-state index contributed by atoms with van der Waals surface area (Å²) < 4.78 is 0. The summed E-state index contributed by atoms with van der Waals surface area (Å²) in [6.45, 7) is 2.22. The first-order chi connectivity index (χ1) is 6.33. The second-order valence-corrected chi connectivity index (χ2v) is 3.59. The van der Waals surface area contributed by atoms with Crippen LogP contribution in [-0.4, -0.2) is 5.78 Å². The molecule has 0 aromatic carbocycles. The summed E-state index contributed by atoms with van der Waals surface area (Å²) in [6, 6.07) is 0. The van der Waals surface area contributed by atoms with E-state index in [9.17, 15) is 4.79 Å². The predicted octanol–water partition coefficient (Wildman–Crippen LogP) is 3.41. The Hall–Kier alpha value is -0.850. The number of allylic oxidation sites excluding steroid dienone is 4. The number of carbonyl (C=O) groups excluding carboxylic acids is 1. The van der Waals surface area contributed by atoms with Gasteiger partial charge in [-0.1, -0.05) is 43.9 Å². The van der Waals surface area contributed by atoms with Crippen LogP contribution in [0.5, 0.6) is 0 Å². The molecular formula is C12H18O. The highest BCUT2D eigenvalue weighted by Crippen LogP contribution is 2.15. The third kappa shape index (κ3) is 4.07. The normalized spacial score (nSPS) is 16.1. The van der Waals surface area contributed by atoms with Crippen molar-refractivity contribution in [2.75, 3.05) is 0 Å². The maximum Gasteiger partial charge on any atom is 0.159 e. The molecule has 72 valence electrons. The molecule has 1 aliphatic rings. The Kier molecular flexibility index (Phi) is 4.52. The lowest BCUT2D eigenvalue weighted by atomic mass is 10.0. The van der Waals surface area contributed by atoms with Gasteiger partial charge in [-0.15, -0.1) is 0 Å². The van der Waals surface area contributed by atoms with Crippen molar-refractivity contribution >= 4 is 5.78 Å². The fourth-order valence-electron chi connectivity index (χ4n) is 1.51. The van der Waals surface area contributed by atoms with E-state index in [0.29, 0.717) is 6.42 Å². The van der Waals surface area contributed by atoms with Gasteiger partial charge in [-0.05, 0) is 18.9 Å². The zero-order valence-corrected chi connectivity index (χ0v) is 8.38. The van der Waals surface area contributed by atoms with Crippen LogP contribution >= 0.6 is 0 Å². The van der Waals surface area contributed by atoms with Gasteiger partial charge in [0.25, 0.3) is 0 Å². The molecule has 0 fully saturated rings. The van der Waals surface area contributed by atoms with Crippen molar-refractivity contribution in [3.63, 3.8) is 0 Å². The second-order valence-electron chi connectivity index (χ2n) is 3.59. The Bertz CT molecular complexity index is 223. The van der Waals surface area contributed by atoms with Crippen molar-refractivity contribution in [2.24, 2.45) is 0 Å². The van der Waals surface area contributed by atoms with E-state index in [1.165, 1.54) is 31.3 Å². The highest BCUT2D eigenvalue weighted by atomic mass is 16.1. The van der Waals surface area contributed by atoms with E-state index < -0.39 is 0 Å². The Balaban J connectivity index is 2.16. The number of carbonyl (C=O) groups is 1. The van der Waals surface area contributed by atoms with E-state index in [1.807, 2.05) is 6.08 Å². The minimum atomic E-state index is 0.234. The molecule has 13 heavy (non-hydrogen) atoms. The van der Waals surface area contributed by atoms with Gasteiger partial charge >= 0.3 is 0 Å². The molecule has 0 radical (unpaired) electrons. The Morgan fingerprint density at radius 2 is 2.08 bits per heavy atom. The molecule has 0 atom stereocenters. The van der Waals surface area contributed by atoms with Crippen LogP contribution in [0.2, 0.25) is 0 Å². The standard InChI is InChI=1S/C12H18O/c1-2-3-4-5-6-11-7-9-12(13)10-8-11/h7-9H,2-6,10H2,1H3. The average Bonchev–Trinajstić information content (AvgIpc) is 2.15. The van der Waals surface area contributed by atoms with Crippen LogP contribution in [0.25, 0.3) is 0 Å². The van der Waals surface area contributed by atoms with Gasteiger partial charge in [-0.2, -0.15) is 0 Å². The molecule has 0 aromatic heterocycles. The lowest BCUT2D eigenvalue weighted by Gasteiger charge is -2.05. The zero-order chi connectivity index (χ0) is 9.52. The van der Waals surface area contributed by atoms with Crippen LogP contribution in [0.3, 0.4) is 0 Å². The Morgan fingerprint density at radius 3 is 2.69 bits per heavy atom. The number of ketones is 1. The molecule has 1 rings (SSSR count). The van der Waals surface area contributed by atoms with Crippen molar-refractivity contribution in [1.82, 2.24) is 0 Å². The first kappa shape index (κ1) is 10.2. The molecule has 1 aliphatic carbocycles. The molecule has 0 saturated heterocycles. The number of hydrogen-bond acceptors (Lipinski definition) is 1. The summed E-state index contributed by atoms with van der Waals surface area (Å²) in [5, 5.41) is 0. The van der Waals surface area contributed by atoms with Crippen molar-refractivity contribution < 1.29 is 4.79 Å². The van der Waals surface area contributed by atoms with Gasteiger partial charge in [-0.25, -0.2) is 0 Å². The first-order valence-electron chi connectivity index (χ1n) is 5.23. The summed E-state index contributed by atoms with van der Waals surface area (Å²) >= 11 is 0. The van der Waals surface area contributed by atoms with E-state index >= 15 is 0 Å². The lowest BCUT2D eigenvalue weighted by Crippen LogP contribution is -1.96. The first-order valence-corrected chi connectivity index (χ1v) is 5.23. The maximum atomic E-state index is 10.9. The highest BCUT2D eigenvalue weighted by molar-refractivity contribution is 5.92. The van der Waals surface area contributed by atoms with Crippen LogP contribution in [0.1, 0.15) is 45.4 Å². The summed E-state index contributed by atoms with van der Waals surface area (Å²) in [7, 11) is 0. The van der Waals surface area contributed by atoms with E-state index in [-0.39, 0.29) is 5.78 Å². The van der Waals surface area contributed by atoms with Crippen molar-refractivity contribution in [3.05, 3.63) is 23.8 Å². The minimum Gasteiger partial charge on any atom is -0.295 e. The number of unbranched alkanes of at least 4 members (excludes halogenated alkanes) is 3. The molecule has 0 aliphatic heterocycles. The van der Waals surface area contributed by atoms with Crippen molar-refractivity contribution in [2.45, 2.75) is 45.4 Å². The highest BCUT2D eigenvalue weighted by Gasteiger charge is 2.02. The van der Waals surface area contributed by atoms with Crippen molar-refractivity contribution in [1.29, 1.82) is 0 Å². The van der Waals surface area contributed by atoms with E-state index in [4.69, 9.17) is 0 Å². The van der Waals surface area contributed by atoms with Gasteiger partial charge < -0.3 is 0 Å². The monoisotopic (exact) mass is 178 g/mol. The molecule has 0 aromatic rings. The van der Waals surface area contributed by atoms with Crippen LogP contribution in [0.15, 0.2) is 23.8 Å². The average molecular weight is 178 g/mol. The quantitative estimate of drug-likeness (QED) is 0.589. The Morgan fingerprint density at radius 1 is 1.23 bits per heavy atom. The fraction of sp³-hybridized carbons (Fsp3) is 0.583. The Labute approximate surface area is 80.5 Å². The van der Waals surface area contributed by atoms with Gasteiger partial charge in [0.05, 0.1) is 0 Å². The smallest absolute Gasteiger partial charge is 0.159 e. The second kappa shape index (κ2) is 5.74. The maximum absolute atomic E-state index is 10.9. The van der Waals surface area contributed by atoms with E-state index in [0.717, 1.165) is 6.42 Å². The summed E-state index contributed by atoms with van der Waals surface area (Å²) in [6.07, 6.45) is 12.7. The van der Waals surface area contributed by atoms with Gasteiger partial charge in [0, 0.05) is 6.42 Å². The predicted molar refractivity (Wildman–Crippen MR) is 55.6 cm³/mol. The summed E-state index contributed by atoms with van der Waals surface area (Å²) in [5.74, 6) is 0.234. The molecular weight excluding hydrogens is 160 g/mol. The largest absolute Gasteiger partial charge is 0.295 e. The van der Waals surface area contributed by atoms with E-state index in [1.54, 1.807) is 6.08 Å². The SMILES string of the molecule is CCCCCCC1=CCC(=O)C=C1. The van der Waals surface area contributed by atoms with Gasteiger partial charge in [0.15, 0.2) is 5.78 Å². The molecule has 0 heterocycles. The molecule has 0 N–H and O–H groups in total. The molecule has 0 spiro atoms. The number of rotatable bonds is 5. The number of hydrogen-bond donors (Lipinski definition) is 0. The molecule has 0 unspecified atom stereocenters. The van der Waals surface area contributed by atoms with E-state index in [2.05, 4.69) is 13.0 Å². The van der Waals surface area contributed by atoms with Crippen LogP contribution < -0.4 is 0 Å². The summed E-state index contributed by atoms with van der Waals surface area (Å²) in [4.78, 5) is 10.9. The lowest BCUT2D eigenvalue weighted by molar-refractivity contribution is -0.113. The third-order valence-corrected chi connectivity index (χ3v) is 2.37. The molecule has 1 nitrogen and oxygen atoms in total. The minimum absolute atomic E-state index is 0.234.